The van der Waals surface area contributed by atoms with Crippen LogP contribution in [0.1, 0.15) is 18.4 Å². The van der Waals surface area contributed by atoms with Gasteiger partial charge in [0, 0.05) is 26.2 Å². The first-order valence-corrected chi connectivity index (χ1v) is 9.38. The smallest absolute Gasteiger partial charge is 0.291 e. The van der Waals surface area contributed by atoms with Crippen LogP contribution in [0, 0.1) is 5.92 Å². The van der Waals surface area contributed by atoms with Gasteiger partial charge in [0.25, 0.3) is 5.91 Å². The van der Waals surface area contributed by atoms with Crippen LogP contribution in [0.3, 0.4) is 0 Å². The van der Waals surface area contributed by atoms with E-state index in [0.29, 0.717) is 16.6 Å². The van der Waals surface area contributed by atoms with E-state index in [1.807, 2.05) is 0 Å². The highest BCUT2D eigenvalue weighted by Crippen LogP contribution is 2.25. The van der Waals surface area contributed by atoms with Crippen molar-refractivity contribution >= 4 is 40.8 Å². The number of carbonyl (C=O) groups is 3. The van der Waals surface area contributed by atoms with Crippen LogP contribution in [0.4, 0.5) is 0 Å². The number of amides is 2. The van der Waals surface area contributed by atoms with E-state index in [4.69, 9.17) is 23.2 Å². The van der Waals surface area contributed by atoms with Crippen molar-refractivity contribution in [1.82, 2.24) is 15.1 Å². The van der Waals surface area contributed by atoms with Gasteiger partial charge in [-0.05, 0) is 43.6 Å². The zero-order chi connectivity index (χ0) is 18.8. The molecule has 6 nitrogen and oxygen atoms in total. The summed E-state index contributed by atoms with van der Waals surface area (Å²) in [4.78, 5) is 40.5. The van der Waals surface area contributed by atoms with Gasteiger partial charge in [-0.2, -0.15) is 0 Å². The van der Waals surface area contributed by atoms with E-state index < -0.39 is 17.6 Å². The van der Waals surface area contributed by atoms with Crippen LogP contribution in [0.2, 0.25) is 10.0 Å². The lowest BCUT2D eigenvalue weighted by Gasteiger charge is -2.31. The van der Waals surface area contributed by atoms with Gasteiger partial charge in [-0.3, -0.25) is 14.4 Å². The molecule has 8 heteroatoms. The van der Waals surface area contributed by atoms with Gasteiger partial charge in [-0.1, -0.05) is 29.3 Å². The molecule has 1 aromatic rings. The van der Waals surface area contributed by atoms with Crippen LogP contribution in [-0.4, -0.2) is 60.1 Å². The molecular weight excluding hydrogens is 377 g/mol. The Labute approximate surface area is 162 Å². The highest BCUT2D eigenvalue weighted by Gasteiger charge is 2.46. The van der Waals surface area contributed by atoms with Gasteiger partial charge in [0.15, 0.2) is 0 Å². The quantitative estimate of drug-likeness (QED) is 0.620. The molecular formula is C18H21Cl2N3O3. The lowest BCUT2D eigenvalue weighted by Crippen LogP contribution is -2.44. The Balaban J connectivity index is 1.67. The number of ketones is 1. The Kier molecular flexibility index (Phi) is 5.85. The molecule has 2 aliphatic heterocycles. The van der Waals surface area contributed by atoms with Gasteiger partial charge in [0.05, 0.1) is 10.0 Å². The summed E-state index contributed by atoms with van der Waals surface area (Å²) >= 11 is 11.9. The Hall–Kier alpha value is -1.63. The van der Waals surface area contributed by atoms with Crippen LogP contribution in [-0.2, 0) is 20.9 Å². The molecule has 2 fully saturated rings. The second-order valence-corrected chi connectivity index (χ2v) is 7.61. The second kappa shape index (κ2) is 7.94. The molecule has 1 atom stereocenters. The lowest BCUT2D eigenvalue weighted by atomic mass is 10.0. The van der Waals surface area contributed by atoms with Crippen LogP contribution >= 0.6 is 23.2 Å². The standard InChI is InChI=1S/C18H21Cl2N3O3/c1-22(9-11-2-3-14(19)15(20)8-11)17(25)13-10-23(18(26)16(13)24)12-4-6-21-7-5-12/h2-3,8,12-13,21H,4-7,9-10H2,1H3. The first kappa shape index (κ1) is 19.1. The third-order valence-corrected chi connectivity index (χ3v) is 5.73. The molecule has 0 radical (unpaired) electrons. The molecule has 3 rings (SSSR count). The largest absolute Gasteiger partial charge is 0.341 e. The van der Waals surface area contributed by atoms with Gasteiger partial charge in [0.2, 0.25) is 11.7 Å². The number of halogens is 2. The number of Topliss-reactive ketones (excluding diaryl/α,β-unsaturated/α-hetero) is 1. The van der Waals surface area contributed by atoms with Crippen LogP contribution < -0.4 is 5.32 Å². The second-order valence-electron chi connectivity index (χ2n) is 6.80. The number of benzene rings is 1. The van der Waals surface area contributed by atoms with Crippen molar-refractivity contribution in [1.29, 1.82) is 0 Å². The van der Waals surface area contributed by atoms with E-state index in [1.54, 1.807) is 30.1 Å². The average molecular weight is 398 g/mol. The van der Waals surface area contributed by atoms with E-state index in [0.717, 1.165) is 31.5 Å². The fourth-order valence-electron chi connectivity index (χ4n) is 3.53. The fraction of sp³-hybridized carbons (Fsp3) is 0.500. The molecule has 0 aliphatic carbocycles. The maximum Gasteiger partial charge on any atom is 0.291 e. The molecule has 2 amide bonds. The molecule has 140 valence electrons. The highest BCUT2D eigenvalue weighted by atomic mass is 35.5. The molecule has 0 saturated carbocycles. The van der Waals surface area contributed by atoms with Gasteiger partial charge in [-0.25, -0.2) is 0 Å². The number of piperidine rings is 1. The minimum atomic E-state index is -0.926. The molecule has 1 aromatic carbocycles. The molecule has 0 spiro atoms. The van der Waals surface area contributed by atoms with E-state index in [1.165, 1.54) is 4.90 Å². The van der Waals surface area contributed by atoms with Crippen molar-refractivity contribution in [3.63, 3.8) is 0 Å². The van der Waals surface area contributed by atoms with E-state index in [2.05, 4.69) is 5.32 Å². The van der Waals surface area contributed by atoms with E-state index >= 15 is 0 Å². The number of carbonyl (C=O) groups excluding carboxylic acids is 3. The van der Waals surface area contributed by atoms with Gasteiger partial charge >= 0.3 is 0 Å². The fourth-order valence-corrected chi connectivity index (χ4v) is 3.85. The molecule has 0 bridgehead atoms. The van der Waals surface area contributed by atoms with Crippen LogP contribution in [0.15, 0.2) is 18.2 Å². The maximum absolute atomic E-state index is 12.7. The van der Waals surface area contributed by atoms with Gasteiger partial charge in [-0.15, -0.1) is 0 Å². The van der Waals surface area contributed by atoms with Gasteiger partial charge < -0.3 is 15.1 Å². The third kappa shape index (κ3) is 3.87. The number of nitrogens with zero attached hydrogens (tertiary/aromatic N) is 2. The van der Waals surface area contributed by atoms with Crippen molar-refractivity contribution in [2.45, 2.75) is 25.4 Å². The normalized spacial score (nSPS) is 21.3. The number of likely N-dealkylation sites (tertiary alicyclic amines) is 1. The third-order valence-electron chi connectivity index (χ3n) is 4.99. The number of rotatable bonds is 4. The highest BCUT2D eigenvalue weighted by molar-refractivity contribution is 6.42. The molecule has 2 aliphatic rings. The minimum absolute atomic E-state index is 0.0332. The molecule has 2 saturated heterocycles. The molecule has 0 aromatic heterocycles. The van der Waals surface area contributed by atoms with Gasteiger partial charge in [0.1, 0.15) is 5.92 Å². The monoisotopic (exact) mass is 397 g/mol. The predicted octanol–water partition coefficient (Wildman–Crippen LogP) is 1.73. The number of nitrogens with one attached hydrogen (secondary N) is 1. The van der Waals surface area contributed by atoms with Crippen molar-refractivity contribution in [3.05, 3.63) is 33.8 Å². The Morgan fingerprint density at radius 3 is 2.58 bits per heavy atom. The van der Waals surface area contributed by atoms with Crippen molar-refractivity contribution in [2.75, 3.05) is 26.7 Å². The number of hydrogen-bond acceptors (Lipinski definition) is 4. The maximum atomic E-state index is 12.7. The molecule has 1 N–H and O–H groups in total. The topological polar surface area (TPSA) is 69.7 Å². The minimum Gasteiger partial charge on any atom is -0.341 e. The summed E-state index contributed by atoms with van der Waals surface area (Å²) in [5.74, 6) is -2.40. The van der Waals surface area contributed by atoms with Crippen LogP contribution in [0.5, 0.6) is 0 Å². The summed E-state index contributed by atoms with van der Waals surface area (Å²) < 4.78 is 0. The molecule has 2 heterocycles. The summed E-state index contributed by atoms with van der Waals surface area (Å²) in [6.07, 6.45) is 1.61. The Bertz CT molecular complexity index is 734. The van der Waals surface area contributed by atoms with E-state index in [9.17, 15) is 14.4 Å². The summed E-state index contributed by atoms with van der Waals surface area (Å²) in [7, 11) is 1.62. The SMILES string of the molecule is CN(Cc1ccc(Cl)c(Cl)c1)C(=O)C1CN(C2CCNCC2)C(=O)C1=O. The molecule has 26 heavy (non-hydrogen) atoms. The van der Waals surface area contributed by atoms with Crippen molar-refractivity contribution in [3.8, 4) is 0 Å². The number of hydrogen-bond donors (Lipinski definition) is 1. The summed E-state index contributed by atoms with van der Waals surface area (Å²) in [6.45, 7) is 2.10. The first-order chi connectivity index (χ1) is 12.4. The summed E-state index contributed by atoms with van der Waals surface area (Å²) in [6, 6.07) is 5.17. The van der Waals surface area contributed by atoms with Crippen LogP contribution in [0.25, 0.3) is 0 Å². The first-order valence-electron chi connectivity index (χ1n) is 8.63. The lowest BCUT2D eigenvalue weighted by molar-refractivity contribution is -0.145. The Morgan fingerprint density at radius 2 is 1.92 bits per heavy atom. The Morgan fingerprint density at radius 1 is 1.23 bits per heavy atom. The summed E-state index contributed by atoms with van der Waals surface area (Å²) in [5.41, 5.74) is 0.808. The van der Waals surface area contributed by atoms with E-state index in [-0.39, 0.29) is 18.5 Å². The zero-order valence-electron chi connectivity index (χ0n) is 14.5. The van der Waals surface area contributed by atoms with Crippen molar-refractivity contribution < 1.29 is 14.4 Å². The zero-order valence-corrected chi connectivity index (χ0v) is 16.0. The predicted molar refractivity (Wildman–Crippen MR) is 99.0 cm³/mol. The average Bonchev–Trinajstić information content (AvgIpc) is 2.93. The summed E-state index contributed by atoms with van der Waals surface area (Å²) in [5, 5.41) is 4.09. The molecule has 1 unspecified atom stereocenters. The van der Waals surface area contributed by atoms with Crippen molar-refractivity contribution in [2.24, 2.45) is 5.92 Å².